The molecule has 1 saturated heterocycles. The van der Waals surface area contributed by atoms with Crippen LogP contribution >= 0.6 is 11.6 Å². The van der Waals surface area contributed by atoms with Gasteiger partial charge < -0.3 is 9.64 Å². The number of carbonyl (C=O) groups is 1. The second kappa shape index (κ2) is 5.41. The summed E-state index contributed by atoms with van der Waals surface area (Å²) < 4.78 is 5.15. The molecule has 2 aromatic rings. The van der Waals surface area contributed by atoms with Crippen LogP contribution < -0.4 is 9.64 Å². The molecule has 21 heavy (non-hydrogen) atoms. The zero-order chi connectivity index (χ0) is 15.0. The van der Waals surface area contributed by atoms with Crippen molar-refractivity contribution in [1.29, 1.82) is 0 Å². The molecule has 2 aromatic carbocycles. The Morgan fingerprint density at radius 3 is 2.38 bits per heavy atom. The first-order chi connectivity index (χ1) is 10.1. The van der Waals surface area contributed by atoms with Crippen LogP contribution in [0.1, 0.15) is 18.5 Å². The first-order valence-corrected chi connectivity index (χ1v) is 7.23. The molecule has 0 bridgehead atoms. The quantitative estimate of drug-likeness (QED) is 0.800. The van der Waals surface area contributed by atoms with Gasteiger partial charge in [0.25, 0.3) is 0 Å². The molecule has 0 aliphatic carbocycles. The van der Waals surface area contributed by atoms with Gasteiger partial charge in [-0.25, -0.2) is 0 Å². The Bertz CT molecular complexity index is 669. The molecule has 1 aliphatic heterocycles. The summed E-state index contributed by atoms with van der Waals surface area (Å²) >= 11 is 6.29. The van der Waals surface area contributed by atoms with Gasteiger partial charge in [-0.2, -0.15) is 0 Å². The van der Waals surface area contributed by atoms with E-state index in [1.165, 1.54) is 0 Å². The van der Waals surface area contributed by atoms with Crippen molar-refractivity contribution in [1.82, 2.24) is 0 Å². The molecule has 0 aromatic heterocycles. The summed E-state index contributed by atoms with van der Waals surface area (Å²) in [5.41, 5.74) is 1.85. The second-order valence-corrected chi connectivity index (χ2v) is 5.57. The van der Waals surface area contributed by atoms with Gasteiger partial charge in [0.15, 0.2) is 0 Å². The van der Waals surface area contributed by atoms with Crippen LogP contribution in [0.15, 0.2) is 48.5 Å². The summed E-state index contributed by atoms with van der Waals surface area (Å²) in [5, 5.41) is 0.695. The number of methoxy groups -OCH3 is 1. The summed E-state index contributed by atoms with van der Waals surface area (Å²) in [6.07, 6.45) is 0. The maximum Gasteiger partial charge on any atom is 0.232 e. The van der Waals surface area contributed by atoms with Gasteiger partial charge in [-0.1, -0.05) is 36.7 Å². The van der Waals surface area contributed by atoms with Crippen molar-refractivity contribution in [3.05, 3.63) is 59.1 Å². The number of amides is 1. The van der Waals surface area contributed by atoms with Gasteiger partial charge in [0.1, 0.15) is 5.75 Å². The van der Waals surface area contributed by atoms with Crippen molar-refractivity contribution in [2.75, 3.05) is 12.0 Å². The Hall–Kier alpha value is -2.00. The topological polar surface area (TPSA) is 29.5 Å². The van der Waals surface area contributed by atoms with Crippen LogP contribution in [-0.4, -0.2) is 13.0 Å². The number of ether oxygens (including phenoxy) is 1. The summed E-state index contributed by atoms with van der Waals surface area (Å²) in [7, 11) is 1.62. The SMILES string of the molecule is COc1ccc(N2C(=O)[C@H](C)[C@H]2c2ccccc2Cl)cc1. The fraction of sp³-hybridized carbons (Fsp3) is 0.235. The summed E-state index contributed by atoms with van der Waals surface area (Å²) in [5.74, 6) is 0.825. The molecule has 1 heterocycles. The van der Waals surface area contributed by atoms with E-state index in [9.17, 15) is 4.79 Å². The molecule has 3 nitrogen and oxygen atoms in total. The van der Waals surface area contributed by atoms with Crippen LogP contribution in [0, 0.1) is 5.92 Å². The second-order valence-electron chi connectivity index (χ2n) is 5.16. The molecule has 4 heteroatoms. The van der Waals surface area contributed by atoms with Crippen LogP contribution in [0.3, 0.4) is 0 Å². The first kappa shape index (κ1) is 14.0. The van der Waals surface area contributed by atoms with Crippen LogP contribution in [0.4, 0.5) is 5.69 Å². The number of hydrogen-bond donors (Lipinski definition) is 0. The third kappa shape index (κ3) is 2.28. The molecule has 108 valence electrons. The molecule has 0 saturated carbocycles. The van der Waals surface area contributed by atoms with E-state index in [1.54, 1.807) is 12.0 Å². The molecule has 1 fully saturated rings. The normalized spacial score (nSPS) is 21.1. The van der Waals surface area contributed by atoms with E-state index in [4.69, 9.17) is 16.3 Å². The molecular weight excluding hydrogens is 286 g/mol. The standard InChI is InChI=1S/C17H16ClNO2/c1-11-16(14-5-3-4-6-15(14)18)19(17(11)20)12-7-9-13(21-2)10-8-12/h3-11,16H,1-2H3/t11-,16+/m1/s1. The monoisotopic (exact) mass is 301 g/mol. The molecule has 1 aliphatic rings. The van der Waals surface area contributed by atoms with Gasteiger partial charge in [-0.05, 0) is 35.9 Å². The van der Waals surface area contributed by atoms with E-state index < -0.39 is 0 Å². The fourth-order valence-corrected chi connectivity index (χ4v) is 3.03. The highest BCUT2D eigenvalue weighted by atomic mass is 35.5. The molecule has 0 unspecified atom stereocenters. The number of anilines is 1. The zero-order valence-electron chi connectivity index (χ0n) is 11.9. The van der Waals surface area contributed by atoms with Crippen LogP contribution in [0.2, 0.25) is 5.02 Å². The predicted octanol–water partition coefficient (Wildman–Crippen LogP) is 4.07. The maximum absolute atomic E-state index is 12.3. The number of nitrogens with zero attached hydrogens (tertiary/aromatic N) is 1. The number of rotatable bonds is 3. The van der Waals surface area contributed by atoms with Gasteiger partial charge in [-0.3, -0.25) is 4.79 Å². The van der Waals surface area contributed by atoms with Gasteiger partial charge in [0.05, 0.1) is 19.1 Å². The lowest BCUT2D eigenvalue weighted by atomic mass is 9.83. The maximum atomic E-state index is 12.3. The van der Waals surface area contributed by atoms with Gasteiger partial charge in [0, 0.05) is 10.7 Å². The summed E-state index contributed by atoms with van der Waals surface area (Å²) in [4.78, 5) is 14.1. The molecular formula is C17H16ClNO2. The Morgan fingerprint density at radius 2 is 1.76 bits per heavy atom. The minimum absolute atomic E-state index is 0.0143. The number of benzene rings is 2. The fourth-order valence-electron chi connectivity index (χ4n) is 2.79. The van der Waals surface area contributed by atoms with E-state index in [0.717, 1.165) is 17.0 Å². The Labute approximate surface area is 129 Å². The average molecular weight is 302 g/mol. The Kier molecular flexibility index (Phi) is 3.60. The molecule has 3 rings (SSSR count). The molecule has 0 radical (unpaired) electrons. The van der Waals surface area contributed by atoms with Crippen molar-refractivity contribution in [2.24, 2.45) is 5.92 Å². The third-order valence-corrected chi connectivity index (χ3v) is 4.30. The van der Waals surface area contributed by atoms with Crippen LogP contribution in [0.25, 0.3) is 0 Å². The highest BCUT2D eigenvalue weighted by Gasteiger charge is 2.46. The van der Waals surface area contributed by atoms with Crippen molar-refractivity contribution < 1.29 is 9.53 Å². The van der Waals surface area contributed by atoms with Crippen molar-refractivity contribution >= 4 is 23.2 Å². The third-order valence-electron chi connectivity index (χ3n) is 3.95. The van der Waals surface area contributed by atoms with Crippen LogP contribution in [0.5, 0.6) is 5.75 Å². The van der Waals surface area contributed by atoms with Gasteiger partial charge in [-0.15, -0.1) is 0 Å². The van der Waals surface area contributed by atoms with Gasteiger partial charge >= 0.3 is 0 Å². The Morgan fingerprint density at radius 1 is 1.10 bits per heavy atom. The summed E-state index contributed by atoms with van der Waals surface area (Å²) in [6.45, 7) is 1.94. The highest BCUT2D eigenvalue weighted by molar-refractivity contribution is 6.31. The van der Waals surface area contributed by atoms with E-state index in [0.29, 0.717) is 5.02 Å². The van der Waals surface area contributed by atoms with E-state index in [-0.39, 0.29) is 17.9 Å². The number of carbonyl (C=O) groups excluding carboxylic acids is 1. The lowest BCUT2D eigenvalue weighted by Crippen LogP contribution is -2.54. The molecule has 2 atom stereocenters. The van der Waals surface area contributed by atoms with Crippen molar-refractivity contribution in [2.45, 2.75) is 13.0 Å². The predicted molar refractivity (Wildman–Crippen MR) is 83.8 cm³/mol. The number of hydrogen-bond acceptors (Lipinski definition) is 2. The minimum atomic E-state index is -0.0630. The molecule has 0 N–H and O–H groups in total. The van der Waals surface area contributed by atoms with Gasteiger partial charge in [0.2, 0.25) is 5.91 Å². The zero-order valence-corrected chi connectivity index (χ0v) is 12.7. The number of halogens is 1. The Balaban J connectivity index is 1.96. The van der Waals surface area contributed by atoms with E-state index >= 15 is 0 Å². The average Bonchev–Trinajstić information content (AvgIpc) is 2.53. The number of β-lactam (4-membered cyclic amide) rings is 1. The highest BCUT2D eigenvalue weighted by Crippen LogP contribution is 2.45. The van der Waals surface area contributed by atoms with Crippen LogP contribution in [-0.2, 0) is 4.79 Å². The largest absolute Gasteiger partial charge is 0.497 e. The van der Waals surface area contributed by atoms with E-state index in [1.807, 2.05) is 55.5 Å². The lowest BCUT2D eigenvalue weighted by molar-refractivity contribution is -0.129. The van der Waals surface area contributed by atoms with Crippen molar-refractivity contribution in [3.8, 4) is 5.75 Å². The smallest absolute Gasteiger partial charge is 0.232 e. The minimum Gasteiger partial charge on any atom is -0.497 e. The first-order valence-electron chi connectivity index (χ1n) is 6.85. The lowest BCUT2D eigenvalue weighted by Gasteiger charge is -2.46. The molecule has 0 spiro atoms. The van der Waals surface area contributed by atoms with Crippen molar-refractivity contribution in [3.63, 3.8) is 0 Å². The molecule has 1 amide bonds. The summed E-state index contributed by atoms with van der Waals surface area (Å²) in [6, 6.07) is 15.2. The van der Waals surface area contributed by atoms with E-state index in [2.05, 4.69) is 0 Å².